The van der Waals surface area contributed by atoms with E-state index >= 15 is 0 Å². The van der Waals surface area contributed by atoms with Gasteiger partial charge in [0.05, 0.1) is 0 Å². The van der Waals surface area contributed by atoms with Gasteiger partial charge in [0.1, 0.15) is 5.82 Å². The van der Waals surface area contributed by atoms with Crippen LogP contribution in [0.15, 0.2) is 16.9 Å². The SMILES string of the molecule is CCc1nc2cc(C(F)F)cc(=O)n2[nH]1. The molecule has 0 spiro atoms. The van der Waals surface area contributed by atoms with Gasteiger partial charge in [-0.2, -0.15) is 0 Å². The molecule has 4 nitrogen and oxygen atoms in total. The van der Waals surface area contributed by atoms with Crippen LogP contribution < -0.4 is 5.56 Å². The molecule has 1 N–H and O–H groups in total. The van der Waals surface area contributed by atoms with Crippen LogP contribution in [0.3, 0.4) is 0 Å². The Labute approximate surface area is 83.5 Å². The zero-order valence-electron chi connectivity index (χ0n) is 8.00. The summed E-state index contributed by atoms with van der Waals surface area (Å²) < 4.78 is 25.9. The van der Waals surface area contributed by atoms with E-state index in [2.05, 4.69) is 10.1 Å². The molecule has 0 atom stereocenters. The largest absolute Gasteiger partial charge is 0.276 e. The average molecular weight is 213 g/mol. The number of H-pyrrole nitrogens is 1. The van der Waals surface area contributed by atoms with E-state index in [1.807, 2.05) is 6.92 Å². The van der Waals surface area contributed by atoms with Crippen molar-refractivity contribution in [3.63, 3.8) is 0 Å². The molecule has 0 saturated heterocycles. The molecule has 15 heavy (non-hydrogen) atoms. The van der Waals surface area contributed by atoms with Crippen molar-refractivity contribution in [1.82, 2.24) is 14.6 Å². The summed E-state index contributed by atoms with van der Waals surface area (Å²) in [6.45, 7) is 1.86. The number of nitrogens with zero attached hydrogens (tertiary/aromatic N) is 2. The van der Waals surface area contributed by atoms with Crippen molar-refractivity contribution in [3.8, 4) is 0 Å². The third-order valence-corrected chi connectivity index (χ3v) is 2.11. The fourth-order valence-corrected chi connectivity index (χ4v) is 1.35. The van der Waals surface area contributed by atoms with Gasteiger partial charge >= 0.3 is 0 Å². The van der Waals surface area contributed by atoms with Crippen molar-refractivity contribution in [2.75, 3.05) is 0 Å². The zero-order valence-corrected chi connectivity index (χ0v) is 8.00. The minimum atomic E-state index is -2.65. The molecule has 2 heterocycles. The molecular weight excluding hydrogens is 204 g/mol. The van der Waals surface area contributed by atoms with E-state index in [0.717, 1.165) is 10.6 Å². The highest BCUT2D eigenvalue weighted by Crippen LogP contribution is 2.17. The van der Waals surface area contributed by atoms with Crippen LogP contribution >= 0.6 is 0 Å². The van der Waals surface area contributed by atoms with Crippen LogP contribution in [0.5, 0.6) is 0 Å². The standard InChI is InChI=1S/C9H9F2N3O/c1-2-6-12-7-3-5(9(10)11)4-8(15)14(7)13-6/h3-4,9H,2H2,1H3,(H,12,13). The van der Waals surface area contributed by atoms with Gasteiger partial charge in [-0.15, -0.1) is 0 Å². The first kappa shape index (κ1) is 9.82. The highest BCUT2D eigenvalue weighted by Gasteiger charge is 2.11. The smallest absolute Gasteiger partial charge is 0.271 e. The minimum Gasteiger partial charge on any atom is -0.276 e. The number of alkyl halides is 2. The number of aromatic amines is 1. The Hall–Kier alpha value is -1.72. The van der Waals surface area contributed by atoms with E-state index in [1.165, 1.54) is 6.07 Å². The first-order valence-electron chi connectivity index (χ1n) is 4.51. The number of hydrogen-bond acceptors (Lipinski definition) is 2. The molecule has 0 aromatic carbocycles. The quantitative estimate of drug-likeness (QED) is 0.822. The number of hydrogen-bond donors (Lipinski definition) is 1. The average Bonchev–Trinajstić information content (AvgIpc) is 2.61. The lowest BCUT2D eigenvalue weighted by atomic mass is 10.3. The molecule has 2 aromatic heterocycles. The van der Waals surface area contributed by atoms with Gasteiger partial charge in [-0.25, -0.2) is 18.3 Å². The molecule has 0 radical (unpaired) electrons. The molecule has 0 aliphatic carbocycles. The number of aromatic nitrogens is 3. The van der Waals surface area contributed by atoms with Crippen LogP contribution in [0, 0.1) is 0 Å². The zero-order chi connectivity index (χ0) is 11.0. The molecule has 0 saturated carbocycles. The highest BCUT2D eigenvalue weighted by atomic mass is 19.3. The lowest BCUT2D eigenvalue weighted by Crippen LogP contribution is -2.13. The number of aryl methyl sites for hydroxylation is 1. The van der Waals surface area contributed by atoms with Crippen LogP contribution in [0.1, 0.15) is 24.7 Å². The predicted molar refractivity (Wildman–Crippen MR) is 50.1 cm³/mol. The minimum absolute atomic E-state index is 0.231. The number of halogens is 2. The molecule has 6 heteroatoms. The summed E-state index contributed by atoms with van der Waals surface area (Å²) in [6.07, 6.45) is -2.03. The second-order valence-corrected chi connectivity index (χ2v) is 3.15. The third-order valence-electron chi connectivity index (χ3n) is 2.11. The van der Waals surface area contributed by atoms with Crippen LogP contribution in [-0.4, -0.2) is 14.6 Å². The summed E-state index contributed by atoms with van der Waals surface area (Å²) >= 11 is 0. The maximum atomic E-state index is 12.4. The fraction of sp³-hybridized carbons (Fsp3) is 0.333. The monoisotopic (exact) mass is 213 g/mol. The molecular formula is C9H9F2N3O. The van der Waals surface area contributed by atoms with E-state index in [-0.39, 0.29) is 11.2 Å². The second kappa shape index (κ2) is 3.45. The van der Waals surface area contributed by atoms with Gasteiger partial charge in [-0.1, -0.05) is 6.92 Å². The van der Waals surface area contributed by atoms with Gasteiger partial charge in [-0.05, 0) is 6.07 Å². The first-order valence-corrected chi connectivity index (χ1v) is 4.51. The van der Waals surface area contributed by atoms with Gasteiger partial charge in [0.2, 0.25) is 0 Å². The molecule has 0 aliphatic heterocycles. The van der Waals surface area contributed by atoms with E-state index in [9.17, 15) is 13.6 Å². The van der Waals surface area contributed by atoms with Crippen molar-refractivity contribution in [3.05, 3.63) is 33.9 Å². The summed E-state index contributed by atoms with van der Waals surface area (Å²) in [5.74, 6) is 0.596. The summed E-state index contributed by atoms with van der Waals surface area (Å²) in [4.78, 5) is 15.4. The Morgan fingerprint density at radius 1 is 1.53 bits per heavy atom. The molecule has 0 aliphatic rings. The van der Waals surface area contributed by atoms with E-state index in [4.69, 9.17) is 0 Å². The number of pyridine rings is 1. The van der Waals surface area contributed by atoms with E-state index in [1.54, 1.807) is 0 Å². The molecule has 0 bridgehead atoms. The molecule has 2 rings (SSSR count). The molecule has 80 valence electrons. The van der Waals surface area contributed by atoms with Crippen molar-refractivity contribution >= 4 is 5.65 Å². The molecule has 0 amide bonds. The molecule has 0 unspecified atom stereocenters. The van der Waals surface area contributed by atoms with Crippen LogP contribution in [0.2, 0.25) is 0 Å². The normalized spacial score (nSPS) is 11.5. The Morgan fingerprint density at radius 2 is 2.27 bits per heavy atom. The van der Waals surface area contributed by atoms with Crippen molar-refractivity contribution in [1.29, 1.82) is 0 Å². The maximum Gasteiger partial charge on any atom is 0.271 e. The van der Waals surface area contributed by atoms with Crippen LogP contribution in [-0.2, 0) is 6.42 Å². The topological polar surface area (TPSA) is 50.2 Å². The van der Waals surface area contributed by atoms with Crippen LogP contribution in [0.25, 0.3) is 5.65 Å². The van der Waals surface area contributed by atoms with Crippen LogP contribution in [0.4, 0.5) is 8.78 Å². The van der Waals surface area contributed by atoms with E-state index < -0.39 is 12.0 Å². The Bertz CT molecular complexity index is 544. The second-order valence-electron chi connectivity index (χ2n) is 3.15. The Kier molecular flexibility index (Phi) is 2.26. The Balaban J connectivity index is 2.70. The van der Waals surface area contributed by atoms with Gasteiger partial charge in [0.25, 0.3) is 12.0 Å². The fourth-order valence-electron chi connectivity index (χ4n) is 1.35. The van der Waals surface area contributed by atoms with Crippen molar-refractivity contribution in [2.24, 2.45) is 0 Å². The highest BCUT2D eigenvalue weighted by molar-refractivity contribution is 5.40. The maximum absolute atomic E-state index is 12.4. The molecule has 2 aromatic rings. The lowest BCUT2D eigenvalue weighted by molar-refractivity contribution is 0.151. The van der Waals surface area contributed by atoms with Gasteiger partial charge < -0.3 is 0 Å². The summed E-state index contributed by atoms with van der Waals surface area (Å²) in [5.41, 5.74) is -0.584. The summed E-state index contributed by atoms with van der Waals surface area (Å²) in [6, 6.07) is 2.12. The van der Waals surface area contributed by atoms with E-state index in [0.29, 0.717) is 12.2 Å². The predicted octanol–water partition coefficient (Wildman–Crippen LogP) is 1.52. The third kappa shape index (κ3) is 1.62. The first-order chi connectivity index (χ1) is 7.11. The number of fused-ring (bicyclic) bond motifs is 1. The van der Waals surface area contributed by atoms with Gasteiger partial charge in [-0.3, -0.25) is 9.89 Å². The summed E-state index contributed by atoms with van der Waals surface area (Å²) in [5, 5.41) is 2.73. The molecule has 0 fully saturated rings. The summed E-state index contributed by atoms with van der Waals surface area (Å²) in [7, 11) is 0. The lowest BCUT2D eigenvalue weighted by Gasteiger charge is -1.97. The number of rotatable bonds is 2. The Morgan fingerprint density at radius 3 is 2.87 bits per heavy atom. The van der Waals surface area contributed by atoms with Crippen molar-refractivity contribution in [2.45, 2.75) is 19.8 Å². The van der Waals surface area contributed by atoms with Gasteiger partial charge in [0.15, 0.2) is 5.65 Å². The van der Waals surface area contributed by atoms with Gasteiger partial charge in [0, 0.05) is 18.1 Å². The van der Waals surface area contributed by atoms with Crippen molar-refractivity contribution < 1.29 is 8.78 Å². The number of nitrogens with one attached hydrogen (secondary N) is 1.